The number of nitrogens with zero attached hydrogens (tertiary/aromatic N) is 1. The zero-order valence-corrected chi connectivity index (χ0v) is 18.2. The van der Waals surface area contributed by atoms with E-state index in [0.29, 0.717) is 22.7 Å². The van der Waals surface area contributed by atoms with Crippen molar-refractivity contribution in [3.63, 3.8) is 0 Å². The van der Waals surface area contributed by atoms with E-state index in [1.807, 2.05) is 30.3 Å². The Hall–Kier alpha value is -3.85. The summed E-state index contributed by atoms with van der Waals surface area (Å²) in [6, 6.07) is 17.2. The van der Waals surface area contributed by atoms with Crippen molar-refractivity contribution < 1.29 is 27.8 Å². The van der Waals surface area contributed by atoms with Crippen LogP contribution in [0, 0.1) is 0 Å². The quantitative estimate of drug-likeness (QED) is 0.358. The fourth-order valence-corrected chi connectivity index (χ4v) is 3.45. The number of fused-ring (bicyclic) bond motifs is 1. The van der Waals surface area contributed by atoms with Gasteiger partial charge in [0.2, 0.25) is 0 Å². The molecule has 0 saturated heterocycles. The Morgan fingerprint density at radius 2 is 1.85 bits per heavy atom. The number of aromatic amines is 1. The van der Waals surface area contributed by atoms with Crippen molar-refractivity contribution in [2.45, 2.75) is 25.8 Å². The molecule has 0 spiro atoms. The van der Waals surface area contributed by atoms with E-state index in [1.165, 1.54) is 12.1 Å². The van der Waals surface area contributed by atoms with Gasteiger partial charge in [0.25, 0.3) is 5.91 Å². The molecule has 0 radical (unpaired) electrons. The fraction of sp³-hybridized carbons (Fsp3) is 0.200. The lowest BCUT2D eigenvalue weighted by Gasteiger charge is -2.11. The second-order valence-electron chi connectivity index (χ2n) is 7.83. The highest BCUT2D eigenvalue weighted by atomic mass is 19.4. The maximum absolute atomic E-state index is 12.7. The van der Waals surface area contributed by atoms with Gasteiger partial charge >= 0.3 is 6.18 Å². The van der Waals surface area contributed by atoms with E-state index in [9.17, 15) is 23.1 Å². The van der Waals surface area contributed by atoms with Crippen molar-refractivity contribution in [3.8, 4) is 16.9 Å². The molecular weight excluding hydrogens is 447 g/mol. The van der Waals surface area contributed by atoms with Gasteiger partial charge in [-0.05, 0) is 60.5 Å². The highest BCUT2D eigenvalue weighted by Crippen LogP contribution is 2.30. The molecule has 1 atom stereocenters. The lowest BCUT2D eigenvalue weighted by atomic mass is 9.98. The fourth-order valence-electron chi connectivity index (χ4n) is 3.45. The van der Waals surface area contributed by atoms with Crippen molar-refractivity contribution in [1.29, 1.82) is 0 Å². The number of alkyl halides is 3. The van der Waals surface area contributed by atoms with Crippen LogP contribution in [0.5, 0.6) is 5.75 Å². The maximum atomic E-state index is 12.7. The molecule has 3 N–H and O–H groups in total. The summed E-state index contributed by atoms with van der Waals surface area (Å²) >= 11 is 0. The minimum absolute atomic E-state index is 0.0493. The van der Waals surface area contributed by atoms with Gasteiger partial charge in [0.1, 0.15) is 18.2 Å². The summed E-state index contributed by atoms with van der Waals surface area (Å²) in [4.78, 5) is 20.2. The lowest BCUT2D eigenvalue weighted by molar-refractivity contribution is -0.137. The third-order valence-corrected chi connectivity index (χ3v) is 5.13. The Morgan fingerprint density at radius 3 is 2.56 bits per heavy atom. The largest absolute Gasteiger partial charge is 0.486 e. The first kappa shape index (κ1) is 23.3. The van der Waals surface area contributed by atoms with Crippen LogP contribution in [0.25, 0.3) is 22.2 Å². The van der Waals surface area contributed by atoms with Crippen LogP contribution in [-0.2, 0) is 12.8 Å². The van der Waals surface area contributed by atoms with Crippen molar-refractivity contribution >= 4 is 16.9 Å². The van der Waals surface area contributed by atoms with Crippen LogP contribution in [0.15, 0.2) is 66.7 Å². The number of aromatic nitrogens is 2. The molecule has 0 aliphatic heterocycles. The van der Waals surface area contributed by atoms with Crippen LogP contribution >= 0.6 is 0 Å². The molecule has 0 saturated carbocycles. The van der Waals surface area contributed by atoms with E-state index in [0.717, 1.165) is 28.8 Å². The van der Waals surface area contributed by atoms with Crippen LogP contribution in [-0.4, -0.2) is 33.6 Å². The van der Waals surface area contributed by atoms with Gasteiger partial charge in [0.05, 0.1) is 22.7 Å². The third-order valence-electron chi connectivity index (χ3n) is 5.13. The Bertz CT molecular complexity index is 1300. The number of benzene rings is 3. The number of imidazole rings is 1. The summed E-state index contributed by atoms with van der Waals surface area (Å²) in [7, 11) is 0. The predicted octanol–water partition coefficient (Wildman–Crippen LogP) is 4.94. The Balaban J connectivity index is 1.51. The number of aliphatic hydroxyl groups is 1. The number of aliphatic hydroxyl groups excluding tert-OH is 1. The van der Waals surface area contributed by atoms with Crippen LogP contribution in [0.1, 0.15) is 28.7 Å². The smallest absolute Gasteiger partial charge is 0.416 e. The second-order valence-corrected chi connectivity index (χ2v) is 7.83. The van der Waals surface area contributed by atoms with E-state index >= 15 is 0 Å². The summed E-state index contributed by atoms with van der Waals surface area (Å²) in [5, 5.41) is 12.1. The van der Waals surface area contributed by atoms with Crippen LogP contribution in [0.3, 0.4) is 0 Å². The first-order chi connectivity index (χ1) is 16.2. The van der Waals surface area contributed by atoms with Crippen molar-refractivity contribution in [3.05, 3.63) is 83.7 Å². The normalized spacial score (nSPS) is 12.5. The van der Waals surface area contributed by atoms with Gasteiger partial charge in [-0.3, -0.25) is 4.79 Å². The van der Waals surface area contributed by atoms with E-state index in [2.05, 4.69) is 15.3 Å². The molecule has 0 aliphatic rings. The van der Waals surface area contributed by atoms with Gasteiger partial charge in [-0.25, -0.2) is 4.98 Å². The molecular formula is C25H22F3N3O3. The first-order valence-electron chi connectivity index (χ1n) is 10.5. The molecule has 9 heteroatoms. The van der Waals surface area contributed by atoms with Gasteiger partial charge in [-0.15, -0.1) is 0 Å². The summed E-state index contributed by atoms with van der Waals surface area (Å²) in [6.07, 6.45) is -5.05. The average Bonchev–Trinajstić information content (AvgIpc) is 3.23. The van der Waals surface area contributed by atoms with Crippen LogP contribution < -0.4 is 10.1 Å². The summed E-state index contributed by atoms with van der Waals surface area (Å²) < 4.78 is 43.7. The number of halogens is 3. The van der Waals surface area contributed by atoms with E-state index in [-0.39, 0.29) is 19.1 Å². The summed E-state index contributed by atoms with van der Waals surface area (Å²) in [5.41, 5.74) is 2.66. The molecule has 0 bridgehead atoms. The molecule has 4 rings (SSSR count). The second kappa shape index (κ2) is 9.56. The van der Waals surface area contributed by atoms with Gasteiger partial charge in [0.15, 0.2) is 0 Å². The number of rotatable bonds is 7. The zero-order valence-electron chi connectivity index (χ0n) is 18.2. The highest BCUT2D eigenvalue weighted by Gasteiger charge is 2.30. The first-order valence-corrected chi connectivity index (χ1v) is 10.5. The van der Waals surface area contributed by atoms with Gasteiger partial charge < -0.3 is 20.1 Å². The number of nitrogens with one attached hydrogen (secondary N) is 2. The standard InChI is InChI=1S/C25H22F3N3O3/c1-15(32)13-29-24(33)20-5-3-2-4-19(20)16-6-11-21-22(12-16)31-23(30-21)14-34-18-9-7-17(8-10-18)25(26,27)28/h2-12,15,32H,13-14H2,1H3,(H,29,33)(H,30,31). The maximum Gasteiger partial charge on any atom is 0.416 e. The molecule has 1 unspecified atom stereocenters. The predicted molar refractivity (Wildman–Crippen MR) is 121 cm³/mol. The monoisotopic (exact) mass is 469 g/mol. The number of ether oxygens (including phenoxy) is 1. The molecule has 0 aliphatic carbocycles. The third kappa shape index (κ3) is 5.37. The molecule has 0 fully saturated rings. The average molecular weight is 469 g/mol. The number of H-pyrrole nitrogens is 1. The van der Waals surface area contributed by atoms with Gasteiger partial charge in [-0.2, -0.15) is 13.2 Å². The van der Waals surface area contributed by atoms with Crippen molar-refractivity contribution in [2.24, 2.45) is 0 Å². The molecule has 34 heavy (non-hydrogen) atoms. The van der Waals surface area contributed by atoms with Crippen LogP contribution in [0.2, 0.25) is 0 Å². The number of carbonyl (C=O) groups excluding carboxylic acids is 1. The Labute approximate surface area is 193 Å². The summed E-state index contributed by atoms with van der Waals surface area (Å²) in [6.45, 7) is 1.79. The summed E-state index contributed by atoms with van der Waals surface area (Å²) in [5.74, 6) is 0.519. The van der Waals surface area contributed by atoms with Crippen molar-refractivity contribution in [2.75, 3.05) is 6.54 Å². The van der Waals surface area contributed by atoms with E-state index in [1.54, 1.807) is 19.1 Å². The van der Waals surface area contributed by atoms with Crippen molar-refractivity contribution in [1.82, 2.24) is 15.3 Å². The number of amides is 1. The molecule has 1 amide bonds. The van der Waals surface area contributed by atoms with Crippen LogP contribution in [0.4, 0.5) is 13.2 Å². The number of hydrogen-bond donors (Lipinski definition) is 3. The van der Waals surface area contributed by atoms with E-state index < -0.39 is 17.8 Å². The SMILES string of the molecule is CC(O)CNC(=O)c1ccccc1-c1ccc2[nH]c(COc3ccc(C(F)(F)F)cc3)nc2c1. The topological polar surface area (TPSA) is 87.2 Å². The Kier molecular flexibility index (Phi) is 6.56. The number of carbonyl (C=O) groups is 1. The molecule has 176 valence electrons. The van der Waals surface area contributed by atoms with Gasteiger partial charge in [-0.1, -0.05) is 24.3 Å². The number of hydrogen-bond acceptors (Lipinski definition) is 4. The Morgan fingerprint density at radius 1 is 1.12 bits per heavy atom. The minimum atomic E-state index is -4.40. The van der Waals surface area contributed by atoms with Gasteiger partial charge in [0, 0.05) is 12.1 Å². The molecule has 1 heterocycles. The lowest BCUT2D eigenvalue weighted by Crippen LogP contribution is -2.30. The minimum Gasteiger partial charge on any atom is -0.486 e. The zero-order chi connectivity index (χ0) is 24.3. The molecule has 3 aromatic carbocycles. The molecule has 1 aromatic heterocycles. The molecule has 4 aromatic rings. The molecule has 6 nitrogen and oxygen atoms in total. The highest BCUT2D eigenvalue weighted by molar-refractivity contribution is 6.01. The van der Waals surface area contributed by atoms with E-state index in [4.69, 9.17) is 4.74 Å².